The molecule has 0 saturated carbocycles. The van der Waals surface area contributed by atoms with Crippen LogP contribution in [-0.2, 0) is 0 Å². The molecule has 0 amide bonds. The number of fused-ring (bicyclic) bond motifs is 6. The molecule has 5 nitrogen and oxygen atoms in total. The van der Waals surface area contributed by atoms with Crippen molar-refractivity contribution in [3.05, 3.63) is 194 Å². The lowest BCUT2D eigenvalue weighted by atomic mass is 9.99. The van der Waals surface area contributed by atoms with Crippen LogP contribution in [0.4, 0.5) is 0 Å². The minimum absolute atomic E-state index is 0.0703. The summed E-state index contributed by atoms with van der Waals surface area (Å²) in [6.45, 7) is 0. The Balaban J connectivity index is 1.05. The van der Waals surface area contributed by atoms with Gasteiger partial charge in [0.1, 0.15) is 11.2 Å². The molecule has 0 aliphatic rings. The summed E-state index contributed by atoms with van der Waals surface area (Å²) in [6.07, 6.45) is 0. The average Bonchev–Trinajstić information content (AvgIpc) is 3.86. The van der Waals surface area contributed by atoms with Crippen molar-refractivity contribution >= 4 is 43.7 Å². The summed E-state index contributed by atoms with van der Waals surface area (Å²) < 4.78 is 43.3. The zero-order chi connectivity index (χ0) is 40.5. The summed E-state index contributed by atoms with van der Waals surface area (Å²) in [5.41, 5.74) is 10.2. The SMILES string of the molecule is [2H]c1c([2H])c([2H])c2c(c1[2H])c1ccc(-c3ccc(-c4ccccc4)cc3)cc1n2-c1ccc(-c2nc(-c3ccccc3)nc(-c3ccc4oc5ccccc5c4c3)n2)cc1. The van der Waals surface area contributed by atoms with Crippen LogP contribution in [0, 0.1) is 0 Å². The van der Waals surface area contributed by atoms with E-state index >= 15 is 0 Å². The van der Waals surface area contributed by atoms with Gasteiger partial charge in [0.25, 0.3) is 0 Å². The van der Waals surface area contributed by atoms with Gasteiger partial charge in [0.05, 0.1) is 16.5 Å². The third-order valence-corrected chi connectivity index (χ3v) is 10.4. The van der Waals surface area contributed by atoms with Crippen LogP contribution >= 0.6 is 0 Å². The molecule has 56 heavy (non-hydrogen) atoms. The Kier molecular flexibility index (Phi) is 6.50. The second-order valence-corrected chi connectivity index (χ2v) is 13.8. The van der Waals surface area contributed by atoms with Gasteiger partial charge in [-0.05, 0) is 82.9 Å². The summed E-state index contributed by atoms with van der Waals surface area (Å²) in [6, 6.07) is 55.6. The fourth-order valence-corrected chi connectivity index (χ4v) is 7.63. The third kappa shape index (κ3) is 5.45. The summed E-state index contributed by atoms with van der Waals surface area (Å²) in [5, 5.41) is 3.21. The first-order valence-corrected chi connectivity index (χ1v) is 18.4. The van der Waals surface area contributed by atoms with Gasteiger partial charge < -0.3 is 8.98 Å². The van der Waals surface area contributed by atoms with Gasteiger partial charge in [0.15, 0.2) is 17.5 Å². The van der Waals surface area contributed by atoms with Crippen molar-refractivity contribution in [2.75, 3.05) is 0 Å². The van der Waals surface area contributed by atoms with E-state index in [4.69, 9.17) is 24.9 Å². The molecule has 11 aromatic rings. The maximum atomic E-state index is 9.10. The van der Waals surface area contributed by atoms with E-state index in [1.54, 1.807) is 0 Å². The quantitative estimate of drug-likeness (QED) is 0.172. The molecular formula is C51H32N4O. The number of rotatable bonds is 6. The molecule has 0 unspecified atom stereocenters. The van der Waals surface area contributed by atoms with Crippen molar-refractivity contribution in [2.45, 2.75) is 0 Å². The first kappa shape index (κ1) is 27.9. The van der Waals surface area contributed by atoms with E-state index in [9.17, 15) is 0 Å². The highest BCUT2D eigenvalue weighted by Gasteiger charge is 2.17. The Labute approximate surface area is 328 Å². The summed E-state index contributed by atoms with van der Waals surface area (Å²) >= 11 is 0. The van der Waals surface area contributed by atoms with Crippen LogP contribution in [-0.4, -0.2) is 19.5 Å². The summed E-state index contributed by atoms with van der Waals surface area (Å²) in [5.74, 6) is 1.56. The van der Waals surface area contributed by atoms with E-state index in [1.807, 2.05) is 126 Å². The monoisotopic (exact) mass is 720 g/mol. The standard InChI is InChI=1S/C51H32N4O/c1-3-11-33(12-4-1)34-19-21-35(22-20-34)38-25-29-42-41-15-7-9-17-45(41)55(46(42)32-38)40-27-23-37(24-28-40)50-52-49(36-13-5-2-6-14-36)53-51(54-50)39-26-30-48-44(31-39)43-16-8-10-18-47(43)56-48/h1-32H/i7D,9D,15D,17D. The van der Waals surface area contributed by atoms with Crippen LogP contribution in [0.5, 0.6) is 0 Å². The fraction of sp³-hybridized carbons (Fsp3) is 0. The average molecular weight is 721 g/mol. The van der Waals surface area contributed by atoms with Crippen LogP contribution in [0.3, 0.4) is 0 Å². The van der Waals surface area contributed by atoms with Crippen molar-refractivity contribution < 1.29 is 9.90 Å². The molecule has 0 spiro atoms. The number of hydrogen-bond acceptors (Lipinski definition) is 4. The van der Waals surface area contributed by atoms with Crippen molar-refractivity contribution in [3.8, 4) is 62.1 Å². The molecular weight excluding hydrogens is 685 g/mol. The third-order valence-electron chi connectivity index (χ3n) is 10.4. The molecule has 3 heterocycles. The zero-order valence-corrected chi connectivity index (χ0v) is 29.9. The molecule has 0 N–H and O–H groups in total. The predicted octanol–water partition coefficient (Wildman–Crippen LogP) is 13.2. The van der Waals surface area contributed by atoms with Gasteiger partial charge in [-0.15, -0.1) is 0 Å². The smallest absolute Gasteiger partial charge is 0.164 e. The van der Waals surface area contributed by atoms with Crippen LogP contribution in [0.15, 0.2) is 198 Å². The molecule has 0 saturated heterocycles. The largest absolute Gasteiger partial charge is 0.456 e. The Bertz CT molecular complexity index is 3460. The summed E-state index contributed by atoms with van der Waals surface area (Å²) in [7, 11) is 0. The van der Waals surface area contributed by atoms with Crippen LogP contribution in [0.1, 0.15) is 5.48 Å². The number of para-hydroxylation sites is 2. The van der Waals surface area contributed by atoms with E-state index in [2.05, 4.69) is 48.5 Å². The van der Waals surface area contributed by atoms with Gasteiger partial charge >= 0.3 is 0 Å². The first-order valence-electron chi connectivity index (χ1n) is 20.4. The van der Waals surface area contributed by atoms with E-state index in [0.717, 1.165) is 77.5 Å². The highest BCUT2D eigenvalue weighted by molar-refractivity contribution is 6.10. The topological polar surface area (TPSA) is 56.7 Å². The van der Waals surface area contributed by atoms with Crippen LogP contribution in [0.25, 0.3) is 106 Å². The van der Waals surface area contributed by atoms with Gasteiger partial charge in [-0.3, -0.25) is 0 Å². The molecule has 0 fully saturated rings. The van der Waals surface area contributed by atoms with E-state index in [1.165, 1.54) is 0 Å². The molecule has 0 aliphatic heterocycles. The van der Waals surface area contributed by atoms with E-state index in [0.29, 0.717) is 28.4 Å². The second kappa shape index (κ2) is 13.0. The second-order valence-electron chi connectivity index (χ2n) is 13.8. The molecule has 0 aliphatic carbocycles. The Morgan fingerprint density at radius 3 is 1.66 bits per heavy atom. The van der Waals surface area contributed by atoms with Gasteiger partial charge in [0, 0.05) is 43.9 Å². The molecule has 5 heteroatoms. The van der Waals surface area contributed by atoms with E-state index < -0.39 is 0 Å². The molecule has 11 rings (SSSR count). The number of aromatic nitrogens is 4. The van der Waals surface area contributed by atoms with Gasteiger partial charge in [-0.2, -0.15) is 0 Å². The summed E-state index contributed by atoms with van der Waals surface area (Å²) in [4.78, 5) is 14.9. The molecule has 262 valence electrons. The predicted molar refractivity (Wildman–Crippen MR) is 229 cm³/mol. The Morgan fingerprint density at radius 2 is 0.911 bits per heavy atom. The molecule has 0 atom stereocenters. The maximum Gasteiger partial charge on any atom is 0.164 e. The van der Waals surface area contributed by atoms with Gasteiger partial charge in [-0.1, -0.05) is 133 Å². The zero-order valence-electron chi connectivity index (χ0n) is 33.9. The van der Waals surface area contributed by atoms with Crippen molar-refractivity contribution in [3.63, 3.8) is 0 Å². The van der Waals surface area contributed by atoms with Crippen molar-refractivity contribution in [2.24, 2.45) is 0 Å². The molecule has 8 aromatic carbocycles. The first-order chi connectivity index (χ1) is 29.4. The minimum atomic E-state index is -0.280. The van der Waals surface area contributed by atoms with Gasteiger partial charge in [-0.25, -0.2) is 15.0 Å². The molecule has 0 radical (unpaired) electrons. The Morgan fingerprint density at radius 1 is 0.375 bits per heavy atom. The number of furan rings is 1. The van der Waals surface area contributed by atoms with Crippen molar-refractivity contribution in [1.82, 2.24) is 19.5 Å². The van der Waals surface area contributed by atoms with E-state index in [-0.39, 0.29) is 24.2 Å². The normalized spacial score (nSPS) is 12.6. The highest BCUT2D eigenvalue weighted by Crippen LogP contribution is 2.37. The minimum Gasteiger partial charge on any atom is -0.456 e. The number of benzene rings is 8. The molecule has 3 aromatic heterocycles. The van der Waals surface area contributed by atoms with Crippen LogP contribution in [0.2, 0.25) is 0 Å². The number of hydrogen-bond donors (Lipinski definition) is 0. The number of nitrogens with zero attached hydrogens (tertiary/aromatic N) is 4. The van der Waals surface area contributed by atoms with Crippen LogP contribution < -0.4 is 0 Å². The highest BCUT2D eigenvalue weighted by atomic mass is 16.3. The maximum absolute atomic E-state index is 9.10. The Hall–Kier alpha value is -7.63. The van der Waals surface area contributed by atoms with Crippen molar-refractivity contribution in [1.29, 1.82) is 0 Å². The molecule has 0 bridgehead atoms. The lowest BCUT2D eigenvalue weighted by Gasteiger charge is -2.11. The lowest BCUT2D eigenvalue weighted by molar-refractivity contribution is 0.669. The lowest BCUT2D eigenvalue weighted by Crippen LogP contribution is -2.00. The van der Waals surface area contributed by atoms with Gasteiger partial charge in [0.2, 0.25) is 0 Å². The fourth-order valence-electron chi connectivity index (χ4n) is 7.63.